The fourth-order valence-corrected chi connectivity index (χ4v) is 1.31. The van der Waals surface area contributed by atoms with Gasteiger partial charge in [-0.15, -0.1) is 12.4 Å². The van der Waals surface area contributed by atoms with Gasteiger partial charge < -0.3 is 10.5 Å². The molecule has 2 N–H and O–H groups in total. The number of carbonyl (C=O) groups excluding carboxylic acids is 1. The van der Waals surface area contributed by atoms with Gasteiger partial charge in [-0.05, 0) is 25.1 Å². The van der Waals surface area contributed by atoms with Crippen molar-refractivity contribution in [1.82, 2.24) is 0 Å². The highest BCUT2D eigenvalue weighted by Gasteiger charge is 2.16. The first-order valence-corrected chi connectivity index (χ1v) is 4.90. The van der Waals surface area contributed by atoms with Crippen LogP contribution in [0.15, 0.2) is 18.2 Å². The second-order valence-corrected chi connectivity index (χ2v) is 3.28. The Morgan fingerprint density at radius 2 is 2.12 bits per heavy atom. The standard InChI is InChI=1S/C11H13F2NO2.ClH/c1-2-16-11(15)6-10(14)8-5-7(12)3-4-9(8)13;/h3-5,10H,2,6,14H2,1H3;1H/t10-;/m1./s1. The van der Waals surface area contributed by atoms with E-state index in [1.54, 1.807) is 6.92 Å². The zero-order chi connectivity index (χ0) is 12.1. The van der Waals surface area contributed by atoms with Gasteiger partial charge in [0.05, 0.1) is 13.0 Å². The smallest absolute Gasteiger partial charge is 0.307 e. The maximum atomic E-state index is 13.3. The van der Waals surface area contributed by atoms with Crippen LogP contribution in [0.4, 0.5) is 8.78 Å². The highest BCUT2D eigenvalue weighted by atomic mass is 35.5. The van der Waals surface area contributed by atoms with E-state index < -0.39 is 23.6 Å². The van der Waals surface area contributed by atoms with Crippen molar-refractivity contribution in [2.24, 2.45) is 5.73 Å². The Morgan fingerprint density at radius 3 is 2.71 bits per heavy atom. The number of rotatable bonds is 4. The predicted molar refractivity (Wildman–Crippen MR) is 61.8 cm³/mol. The lowest BCUT2D eigenvalue weighted by atomic mass is 10.0. The first-order chi connectivity index (χ1) is 7.54. The highest BCUT2D eigenvalue weighted by molar-refractivity contribution is 5.85. The summed E-state index contributed by atoms with van der Waals surface area (Å²) in [4.78, 5) is 11.1. The fourth-order valence-electron chi connectivity index (χ4n) is 1.31. The summed E-state index contributed by atoms with van der Waals surface area (Å²) < 4.78 is 30.8. The van der Waals surface area contributed by atoms with E-state index in [-0.39, 0.29) is 31.0 Å². The molecule has 0 aliphatic carbocycles. The van der Waals surface area contributed by atoms with Crippen LogP contribution in [-0.2, 0) is 9.53 Å². The highest BCUT2D eigenvalue weighted by Crippen LogP contribution is 2.19. The van der Waals surface area contributed by atoms with Gasteiger partial charge in [-0.3, -0.25) is 4.79 Å². The third kappa shape index (κ3) is 4.66. The second-order valence-electron chi connectivity index (χ2n) is 3.28. The third-order valence-electron chi connectivity index (χ3n) is 2.05. The molecule has 1 atom stereocenters. The molecule has 1 rings (SSSR count). The first-order valence-electron chi connectivity index (χ1n) is 4.90. The number of hydrogen-bond donors (Lipinski definition) is 1. The summed E-state index contributed by atoms with van der Waals surface area (Å²) >= 11 is 0. The fraction of sp³-hybridized carbons (Fsp3) is 0.364. The lowest BCUT2D eigenvalue weighted by Gasteiger charge is -2.12. The third-order valence-corrected chi connectivity index (χ3v) is 2.05. The Morgan fingerprint density at radius 1 is 1.47 bits per heavy atom. The minimum absolute atomic E-state index is 0. The average molecular weight is 266 g/mol. The van der Waals surface area contributed by atoms with E-state index in [1.165, 1.54) is 0 Å². The van der Waals surface area contributed by atoms with Crippen molar-refractivity contribution in [3.63, 3.8) is 0 Å². The van der Waals surface area contributed by atoms with Crippen molar-refractivity contribution in [3.05, 3.63) is 35.4 Å². The van der Waals surface area contributed by atoms with Crippen molar-refractivity contribution in [2.75, 3.05) is 6.61 Å². The maximum absolute atomic E-state index is 13.3. The van der Waals surface area contributed by atoms with Gasteiger partial charge in [-0.25, -0.2) is 8.78 Å². The number of hydrogen-bond acceptors (Lipinski definition) is 3. The lowest BCUT2D eigenvalue weighted by molar-refractivity contribution is -0.143. The number of esters is 1. The van der Waals surface area contributed by atoms with E-state index in [0.29, 0.717) is 0 Å². The van der Waals surface area contributed by atoms with Gasteiger partial charge >= 0.3 is 5.97 Å². The second kappa shape index (κ2) is 7.19. The summed E-state index contributed by atoms with van der Waals surface area (Å²) in [6, 6.07) is 2.07. The molecule has 0 heterocycles. The molecule has 96 valence electrons. The summed E-state index contributed by atoms with van der Waals surface area (Å²) in [6.07, 6.45) is -0.172. The monoisotopic (exact) mass is 265 g/mol. The Balaban J connectivity index is 0.00000256. The normalized spacial score (nSPS) is 11.5. The topological polar surface area (TPSA) is 52.3 Å². The van der Waals surface area contributed by atoms with E-state index in [2.05, 4.69) is 4.74 Å². The van der Waals surface area contributed by atoms with E-state index in [0.717, 1.165) is 18.2 Å². The van der Waals surface area contributed by atoms with Crippen molar-refractivity contribution < 1.29 is 18.3 Å². The zero-order valence-corrected chi connectivity index (χ0v) is 10.1. The van der Waals surface area contributed by atoms with Crippen LogP contribution in [0.5, 0.6) is 0 Å². The molecular formula is C11H14ClF2NO2. The molecule has 0 saturated heterocycles. The van der Waals surface area contributed by atoms with Crippen LogP contribution in [0, 0.1) is 11.6 Å². The molecule has 1 aromatic carbocycles. The van der Waals surface area contributed by atoms with Gasteiger partial charge in [0.25, 0.3) is 0 Å². The molecule has 0 saturated carbocycles. The summed E-state index contributed by atoms with van der Waals surface area (Å²) in [5.41, 5.74) is 5.57. The van der Waals surface area contributed by atoms with Gasteiger partial charge in [0.2, 0.25) is 0 Å². The van der Waals surface area contributed by atoms with Crippen LogP contribution in [0.2, 0.25) is 0 Å². The lowest BCUT2D eigenvalue weighted by Crippen LogP contribution is -2.18. The largest absolute Gasteiger partial charge is 0.466 e. The quantitative estimate of drug-likeness (QED) is 0.850. The van der Waals surface area contributed by atoms with Gasteiger partial charge in [0, 0.05) is 11.6 Å². The van der Waals surface area contributed by atoms with Crippen LogP contribution in [-0.4, -0.2) is 12.6 Å². The van der Waals surface area contributed by atoms with Gasteiger partial charge in [0.1, 0.15) is 11.6 Å². The van der Waals surface area contributed by atoms with E-state index >= 15 is 0 Å². The SMILES string of the molecule is CCOC(=O)C[C@@H](N)c1cc(F)ccc1F.Cl. The number of ether oxygens (including phenoxy) is 1. The van der Waals surface area contributed by atoms with Crippen LogP contribution >= 0.6 is 12.4 Å². The molecule has 6 heteroatoms. The minimum Gasteiger partial charge on any atom is -0.466 e. The zero-order valence-electron chi connectivity index (χ0n) is 9.28. The Labute approximate surface area is 104 Å². The molecule has 0 fully saturated rings. The van der Waals surface area contributed by atoms with Crippen LogP contribution < -0.4 is 5.73 Å². The molecule has 0 spiro atoms. The van der Waals surface area contributed by atoms with Crippen molar-refractivity contribution in [1.29, 1.82) is 0 Å². The molecule has 0 aromatic heterocycles. The molecule has 1 aromatic rings. The molecule has 0 unspecified atom stereocenters. The first kappa shape index (κ1) is 15.8. The maximum Gasteiger partial charge on any atom is 0.307 e. The van der Waals surface area contributed by atoms with E-state index in [4.69, 9.17) is 5.73 Å². The number of carbonyl (C=O) groups is 1. The molecule has 3 nitrogen and oxygen atoms in total. The molecule has 0 amide bonds. The Bertz CT molecular complexity index is 388. The van der Waals surface area contributed by atoms with Crippen LogP contribution in [0.1, 0.15) is 24.9 Å². The van der Waals surface area contributed by atoms with Gasteiger partial charge in [-0.2, -0.15) is 0 Å². The molecule has 0 radical (unpaired) electrons. The van der Waals surface area contributed by atoms with Crippen molar-refractivity contribution >= 4 is 18.4 Å². The van der Waals surface area contributed by atoms with Crippen LogP contribution in [0.25, 0.3) is 0 Å². The molecule has 0 aliphatic heterocycles. The number of benzene rings is 1. The number of halogens is 3. The molecule has 17 heavy (non-hydrogen) atoms. The van der Waals surface area contributed by atoms with Gasteiger partial charge in [0.15, 0.2) is 0 Å². The van der Waals surface area contributed by atoms with Crippen molar-refractivity contribution in [3.8, 4) is 0 Å². The predicted octanol–water partition coefficient (Wildman–Crippen LogP) is 2.34. The molecule has 0 bridgehead atoms. The molecule has 0 aliphatic rings. The van der Waals surface area contributed by atoms with E-state index in [9.17, 15) is 13.6 Å². The average Bonchev–Trinajstić information content (AvgIpc) is 2.21. The summed E-state index contributed by atoms with van der Waals surface area (Å²) in [5, 5.41) is 0. The molecular weight excluding hydrogens is 252 g/mol. The van der Waals surface area contributed by atoms with Crippen LogP contribution in [0.3, 0.4) is 0 Å². The Kier molecular flexibility index (Phi) is 6.68. The minimum atomic E-state index is -0.894. The summed E-state index contributed by atoms with van der Waals surface area (Å²) in [6.45, 7) is 1.89. The Hall–Kier alpha value is -1.20. The summed E-state index contributed by atoms with van der Waals surface area (Å²) in [7, 11) is 0. The van der Waals surface area contributed by atoms with Gasteiger partial charge in [-0.1, -0.05) is 0 Å². The van der Waals surface area contributed by atoms with E-state index in [1.807, 2.05) is 0 Å². The number of nitrogens with two attached hydrogens (primary N) is 1. The summed E-state index contributed by atoms with van der Waals surface area (Å²) in [5.74, 6) is -1.74. The van der Waals surface area contributed by atoms with Crippen molar-refractivity contribution in [2.45, 2.75) is 19.4 Å².